The zero-order chi connectivity index (χ0) is 46.1. The smallest absolute Gasteiger partial charge is 0.127 e. The Hall–Kier alpha value is -8.28. The van der Waals surface area contributed by atoms with E-state index in [9.17, 15) is 10.2 Å². The molecule has 330 valence electrons. The third kappa shape index (κ3) is 6.44. The summed E-state index contributed by atoms with van der Waals surface area (Å²) in [5, 5.41) is 33.0. The van der Waals surface area contributed by atoms with Crippen LogP contribution in [0.2, 0.25) is 0 Å². The van der Waals surface area contributed by atoms with Gasteiger partial charge in [0.1, 0.15) is 24.7 Å². The molecule has 0 radical (unpaired) electrons. The van der Waals surface area contributed by atoms with Crippen molar-refractivity contribution in [3.63, 3.8) is 0 Å². The second kappa shape index (κ2) is 16.5. The molecular weight excluding hydrogens is 845 g/mol. The number of hydrogen-bond donors (Lipinski definition) is 2. The van der Waals surface area contributed by atoms with E-state index in [4.69, 9.17) is 9.47 Å². The van der Waals surface area contributed by atoms with Crippen LogP contribution in [0.25, 0.3) is 98.0 Å². The van der Waals surface area contributed by atoms with Crippen LogP contribution in [0.1, 0.15) is 22.3 Å². The van der Waals surface area contributed by atoms with Gasteiger partial charge in [-0.3, -0.25) is 0 Å². The second-order valence-corrected chi connectivity index (χ2v) is 18.2. The van der Waals surface area contributed by atoms with E-state index in [0.717, 1.165) is 65.7 Å². The molecule has 0 amide bonds. The van der Waals surface area contributed by atoms with E-state index < -0.39 is 5.41 Å². The van der Waals surface area contributed by atoms with Crippen LogP contribution < -0.4 is 9.47 Å². The highest BCUT2D eigenvalue weighted by molar-refractivity contribution is 6.13. The average molecular weight is 891 g/mol. The molecule has 13 rings (SSSR count). The normalized spacial score (nSPS) is 12.8. The van der Waals surface area contributed by atoms with Gasteiger partial charge in [-0.15, -0.1) is 0 Å². The van der Waals surface area contributed by atoms with Crippen molar-refractivity contribution in [3.05, 3.63) is 241 Å². The molecule has 0 fully saturated rings. The summed E-state index contributed by atoms with van der Waals surface area (Å²) in [7, 11) is 0. The minimum atomic E-state index is -0.762. The first-order chi connectivity index (χ1) is 34.1. The van der Waals surface area contributed by atoms with Crippen molar-refractivity contribution in [1.82, 2.24) is 0 Å². The molecule has 0 aliphatic heterocycles. The number of fused-ring (bicyclic) bond motifs is 11. The highest BCUT2D eigenvalue weighted by Gasteiger charge is 2.47. The number of aliphatic hydroxyl groups is 2. The molecule has 4 nitrogen and oxygen atoms in total. The van der Waals surface area contributed by atoms with Crippen LogP contribution in [0.5, 0.6) is 11.5 Å². The summed E-state index contributed by atoms with van der Waals surface area (Å²) in [4.78, 5) is 0. The lowest BCUT2D eigenvalue weighted by molar-refractivity contribution is 0.203. The average Bonchev–Trinajstić information content (AvgIpc) is 3.70. The van der Waals surface area contributed by atoms with Crippen molar-refractivity contribution in [2.24, 2.45) is 0 Å². The first kappa shape index (κ1) is 41.0. The SMILES string of the molecule is OCCOc1cc2ccc(C3(c4ccc5cc(OCCO)c6ccccc6c5c4)c4ccc(-c5cccc6ccccc56)cc4-c4cc(-c5cccc6ccccc56)ccc43)cc2c2ccccc12. The molecule has 69 heavy (non-hydrogen) atoms. The number of rotatable bonds is 10. The maximum Gasteiger partial charge on any atom is 0.127 e. The lowest BCUT2D eigenvalue weighted by Gasteiger charge is -2.35. The Morgan fingerprint density at radius 1 is 0.304 bits per heavy atom. The van der Waals surface area contributed by atoms with Gasteiger partial charge in [-0.2, -0.15) is 0 Å². The topological polar surface area (TPSA) is 58.9 Å². The summed E-state index contributed by atoms with van der Waals surface area (Å²) in [6.45, 7) is 0.319. The second-order valence-electron chi connectivity index (χ2n) is 18.2. The van der Waals surface area contributed by atoms with Gasteiger partial charge in [-0.25, -0.2) is 0 Å². The van der Waals surface area contributed by atoms with E-state index in [-0.39, 0.29) is 26.4 Å². The number of hydrogen-bond acceptors (Lipinski definition) is 4. The largest absolute Gasteiger partial charge is 0.491 e. The van der Waals surface area contributed by atoms with Crippen molar-refractivity contribution in [2.75, 3.05) is 26.4 Å². The van der Waals surface area contributed by atoms with Crippen LogP contribution in [0.4, 0.5) is 0 Å². The maximum absolute atomic E-state index is 9.76. The van der Waals surface area contributed by atoms with Crippen molar-refractivity contribution in [1.29, 1.82) is 0 Å². The van der Waals surface area contributed by atoms with Crippen molar-refractivity contribution in [3.8, 4) is 44.9 Å². The van der Waals surface area contributed by atoms with Crippen molar-refractivity contribution >= 4 is 64.6 Å². The van der Waals surface area contributed by atoms with Gasteiger partial charge in [-0.1, -0.05) is 182 Å². The Balaban J connectivity index is 1.14. The molecule has 0 unspecified atom stereocenters. The Labute approximate surface area is 399 Å². The van der Waals surface area contributed by atoms with Gasteiger partial charge in [0.15, 0.2) is 0 Å². The number of benzene rings is 12. The highest BCUT2D eigenvalue weighted by atomic mass is 16.5. The third-order valence-corrected chi connectivity index (χ3v) is 14.5. The summed E-state index contributed by atoms with van der Waals surface area (Å²) in [5.41, 5.74) is 11.1. The minimum Gasteiger partial charge on any atom is -0.491 e. The van der Waals surface area contributed by atoms with Crippen LogP contribution in [0.15, 0.2) is 218 Å². The minimum absolute atomic E-state index is 0.0604. The van der Waals surface area contributed by atoms with Gasteiger partial charge < -0.3 is 19.7 Å². The predicted molar refractivity (Wildman–Crippen MR) is 285 cm³/mol. The fraction of sp³-hybridized carbons (Fsp3) is 0.0769. The molecule has 2 N–H and O–H groups in total. The Morgan fingerprint density at radius 3 is 1.16 bits per heavy atom. The third-order valence-electron chi connectivity index (χ3n) is 14.5. The Kier molecular flexibility index (Phi) is 9.79. The number of aliphatic hydroxyl groups excluding tert-OH is 2. The lowest BCUT2D eigenvalue weighted by Crippen LogP contribution is -2.28. The molecule has 0 bridgehead atoms. The zero-order valence-corrected chi connectivity index (χ0v) is 37.8. The molecule has 0 aromatic heterocycles. The highest BCUT2D eigenvalue weighted by Crippen LogP contribution is 2.59. The first-order valence-electron chi connectivity index (χ1n) is 23.8. The molecule has 0 saturated carbocycles. The van der Waals surface area contributed by atoms with Gasteiger partial charge in [0.2, 0.25) is 0 Å². The maximum atomic E-state index is 9.76. The summed E-state index contributed by atoms with van der Waals surface area (Å²) in [6.07, 6.45) is 0. The van der Waals surface area contributed by atoms with Crippen LogP contribution in [-0.4, -0.2) is 36.6 Å². The van der Waals surface area contributed by atoms with Crippen molar-refractivity contribution < 1.29 is 19.7 Å². The van der Waals surface area contributed by atoms with E-state index in [1.54, 1.807) is 0 Å². The van der Waals surface area contributed by atoms with Gasteiger partial charge >= 0.3 is 0 Å². The molecule has 1 aliphatic rings. The van der Waals surface area contributed by atoms with Crippen molar-refractivity contribution in [2.45, 2.75) is 5.41 Å². The first-order valence-corrected chi connectivity index (χ1v) is 23.8. The summed E-state index contributed by atoms with van der Waals surface area (Å²) < 4.78 is 12.3. The van der Waals surface area contributed by atoms with Gasteiger partial charge in [0.25, 0.3) is 0 Å². The zero-order valence-electron chi connectivity index (χ0n) is 37.8. The van der Waals surface area contributed by atoms with E-state index in [1.165, 1.54) is 66.1 Å². The molecule has 4 heteroatoms. The molecule has 1 aliphatic carbocycles. The quantitative estimate of drug-likeness (QED) is 0.134. The van der Waals surface area contributed by atoms with Crippen LogP contribution in [0, 0.1) is 0 Å². The fourth-order valence-corrected chi connectivity index (χ4v) is 11.6. The summed E-state index contributed by atoms with van der Waals surface area (Å²) >= 11 is 0. The van der Waals surface area contributed by atoms with Gasteiger partial charge in [0, 0.05) is 10.8 Å². The molecule has 12 aromatic carbocycles. The van der Waals surface area contributed by atoms with E-state index >= 15 is 0 Å². The summed E-state index contributed by atoms with van der Waals surface area (Å²) in [6, 6.07) is 79.9. The molecule has 12 aromatic rings. The molecule has 0 saturated heterocycles. The fourth-order valence-electron chi connectivity index (χ4n) is 11.6. The summed E-state index contributed by atoms with van der Waals surface area (Å²) in [5.74, 6) is 1.52. The molecular formula is C65H46O4. The van der Waals surface area contributed by atoms with E-state index in [2.05, 4.69) is 218 Å². The number of ether oxygens (including phenoxy) is 2. The standard InChI is InChI=1S/C65H46O4/c66-31-33-68-63-37-45-23-27-47(39-57(45)53-17-5-7-19-55(53)63)65(48-28-24-46-38-64(69-34-32-67)56-20-8-6-18-54(56)58(46)40-48)61-29-25-43(51-21-9-13-41-11-1-3-15-49(41)51)35-59(61)60-36-44(26-30-62(60)65)52-22-10-14-42-12-2-4-16-50(42)52/h1-30,35-40,66-67H,31-34H2. The molecule has 0 spiro atoms. The van der Waals surface area contributed by atoms with Gasteiger partial charge in [0.05, 0.1) is 18.6 Å². The van der Waals surface area contributed by atoms with E-state index in [0.29, 0.717) is 0 Å². The van der Waals surface area contributed by atoms with Crippen LogP contribution in [0.3, 0.4) is 0 Å². The predicted octanol–water partition coefficient (Wildman–Crippen LogP) is 15.0. The van der Waals surface area contributed by atoms with Crippen LogP contribution >= 0.6 is 0 Å². The Bertz CT molecular complexity index is 3750. The lowest BCUT2D eigenvalue weighted by atomic mass is 9.66. The Morgan fingerprint density at radius 2 is 0.710 bits per heavy atom. The van der Waals surface area contributed by atoms with Gasteiger partial charge in [-0.05, 0) is 146 Å². The van der Waals surface area contributed by atoms with E-state index in [1.807, 2.05) is 0 Å². The van der Waals surface area contributed by atoms with Crippen LogP contribution in [-0.2, 0) is 5.41 Å². The molecule has 0 heterocycles. The molecule has 0 atom stereocenters. The monoisotopic (exact) mass is 890 g/mol.